The molecule has 25 heavy (non-hydrogen) atoms. The van der Waals surface area contributed by atoms with Gasteiger partial charge in [0.15, 0.2) is 5.78 Å². The van der Waals surface area contributed by atoms with Crippen LogP contribution in [0.4, 0.5) is 0 Å². The normalized spacial score (nSPS) is 10.4. The molecule has 1 aromatic rings. The van der Waals surface area contributed by atoms with Crippen LogP contribution in [-0.4, -0.2) is 47.7 Å². The molecule has 0 bridgehead atoms. The summed E-state index contributed by atoms with van der Waals surface area (Å²) in [4.78, 5) is 22.9. The summed E-state index contributed by atoms with van der Waals surface area (Å²) in [6.45, 7) is 8.20. The number of benzene rings is 1. The van der Waals surface area contributed by atoms with Crippen LogP contribution in [0.5, 0.6) is 0 Å². The molecule has 0 saturated carbocycles. The van der Waals surface area contributed by atoms with Crippen LogP contribution < -0.4 is 11.1 Å². The van der Waals surface area contributed by atoms with Crippen LogP contribution in [0.25, 0.3) is 0 Å². The zero-order chi connectivity index (χ0) is 19.5. The molecule has 1 amide bonds. The summed E-state index contributed by atoms with van der Waals surface area (Å²) in [5, 5.41) is 18.4. The lowest BCUT2D eigenvalue weighted by Gasteiger charge is -2.11. The van der Waals surface area contributed by atoms with Gasteiger partial charge in [0.2, 0.25) is 5.91 Å². The summed E-state index contributed by atoms with van der Waals surface area (Å²) in [6, 6.07) is 8.97. The van der Waals surface area contributed by atoms with Crippen molar-refractivity contribution in [3.05, 3.63) is 49.1 Å². The lowest BCUT2D eigenvalue weighted by Crippen LogP contribution is -2.43. The number of Topliss-reactive ketones (excluding diaryl/α,β-unsaturated/α-hetero) is 1. The first-order valence-electron chi connectivity index (χ1n) is 8.35. The second kappa shape index (κ2) is 18.3. The lowest BCUT2D eigenvalue weighted by molar-refractivity contribution is -0.126. The third-order valence-electron chi connectivity index (χ3n) is 2.94. The Balaban J connectivity index is 0. The molecule has 1 atom stereocenters. The average Bonchev–Trinajstić information content (AvgIpc) is 2.63. The maximum absolute atomic E-state index is 11.7. The highest BCUT2D eigenvalue weighted by Gasteiger charge is 2.14. The van der Waals surface area contributed by atoms with Crippen molar-refractivity contribution in [1.82, 2.24) is 5.32 Å². The third kappa shape index (κ3) is 15.3. The number of nitrogens with one attached hydrogen (secondary N) is 1. The standard InChI is InChI=1S/C14H20N2O2.C3H8O2.C2H4/c1-2-6-12(17)10-16-14(18)13(15)9-11-7-4-3-5-8-11;4-2-1-3-5;1-2/h3-5,7-8,13H,2,6,9-10,15H2,1H3,(H,16,18);4-5H,1-3H2;1-2H2. The van der Waals surface area contributed by atoms with Gasteiger partial charge in [0.05, 0.1) is 12.6 Å². The number of aliphatic hydroxyl groups excluding tert-OH is 2. The van der Waals surface area contributed by atoms with Crippen LogP contribution in [0.1, 0.15) is 31.7 Å². The van der Waals surface area contributed by atoms with E-state index in [4.69, 9.17) is 15.9 Å². The fourth-order valence-corrected chi connectivity index (χ4v) is 1.72. The van der Waals surface area contributed by atoms with Gasteiger partial charge in [-0.05, 0) is 24.8 Å². The Morgan fingerprint density at radius 1 is 1.16 bits per heavy atom. The SMILES string of the molecule is C=C.CCCC(=O)CNC(=O)C(N)Cc1ccccc1.OCCCO. The van der Waals surface area contributed by atoms with Gasteiger partial charge in [0, 0.05) is 19.6 Å². The third-order valence-corrected chi connectivity index (χ3v) is 2.94. The molecule has 0 aliphatic rings. The van der Waals surface area contributed by atoms with Gasteiger partial charge < -0.3 is 21.3 Å². The molecule has 6 nitrogen and oxygen atoms in total. The van der Waals surface area contributed by atoms with Gasteiger partial charge >= 0.3 is 0 Å². The highest BCUT2D eigenvalue weighted by Crippen LogP contribution is 2.01. The number of hydrogen-bond acceptors (Lipinski definition) is 5. The van der Waals surface area contributed by atoms with Crippen molar-refractivity contribution in [2.24, 2.45) is 5.73 Å². The summed E-state index contributed by atoms with van der Waals surface area (Å²) in [5.41, 5.74) is 6.80. The zero-order valence-corrected chi connectivity index (χ0v) is 15.1. The predicted molar refractivity (Wildman–Crippen MR) is 101 cm³/mol. The smallest absolute Gasteiger partial charge is 0.237 e. The van der Waals surface area contributed by atoms with E-state index in [0.29, 0.717) is 19.3 Å². The fourth-order valence-electron chi connectivity index (χ4n) is 1.72. The van der Waals surface area contributed by atoms with Crippen molar-refractivity contribution in [3.8, 4) is 0 Å². The number of carbonyl (C=O) groups is 2. The highest BCUT2D eigenvalue weighted by molar-refractivity contribution is 5.88. The minimum Gasteiger partial charge on any atom is -0.396 e. The summed E-state index contributed by atoms with van der Waals surface area (Å²) in [5.74, 6) is -0.235. The molecule has 1 aromatic carbocycles. The largest absolute Gasteiger partial charge is 0.396 e. The van der Waals surface area contributed by atoms with Crippen LogP contribution in [0.15, 0.2) is 43.5 Å². The van der Waals surface area contributed by atoms with E-state index >= 15 is 0 Å². The molecular weight excluding hydrogens is 320 g/mol. The number of nitrogens with two attached hydrogens (primary N) is 1. The van der Waals surface area contributed by atoms with Crippen molar-refractivity contribution in [3.63, 3.8) is 0 Å². The van der Waals surface area contributed by atoms with Gasteiger partial charge in [0.1, 0.15) is 0 Å². The molecule has 1 unspecified atom stereocenters. The Bertz CT molecular complexity index is 450. The van der Waals surface area contributed by atoms with E-state index < -0.39 is 6.04 Å². The Hall–Kier alpha value is -2.02. The van der Waals surface area contributed by atoms with Crippen molar-refractivity contribution in [2.45, 2.75) is 38.6 Å². The van der Waals surface area contributed by atoms with E-state index in [0.717, 1.165) is 12.0 Å². The van der Waals surface area contributed by atoms with Crippen molar-refractivity contribution in [2.75, 3.05) is 19.8 Å². The molecule has 0 fully saturated rings. The van der Waals surface area contributed by atoms with Crippen LogP contribution in [0, 0.1) is 0 Å². The molecule has 0 spiro atoms. The summed E-state index contributed by atoms with van der Waals surface area (Å²) >= 11 is 0. The maximum atomic E-state index is 11.7. The Kier molecular flexibility index (Phi) is 18.5. The number of amides is 1. The quantitative estimate of drug-likeness (QED) is 0.499. The number of carbonyl (C=O) groups excluding carboxylic acids is 2. The van der Waals surface area contributed by atoms with Crippen LogP contribution in [0.2, 0.25) is 0 Å². The first-order valence-corrected chi connectivity index (χ1v) is 8.35. The van der Waals surface area contributed by atoms with E-state index in [9.17, 15) is 9.59 Å². The van der Waals surface area contributed by atoms with Crippen LogP contribution in [0.3, 0.4) is 0 Å². The van der Waals surface area contributed by atoms with Gasteiger partial charge in [-0.3, -0.25) is 9.59 Å². The monoisotopic (exact) mass is 352 g/mol. The first-order chi connectivity index (χ1) is 12.0. The molecule has 1 rings (SSSR count). The number of ketones is 1. The molecule has 0 heterocycles. The van der Waals surface area contributed by atoms with Gasteiger partial charge in [0.25, 0.3) is 0 Å². The Morgan fingerprint density at radius 2 is 1.72 bits per heavy atom. The van der Waals surface area contributed by atoms with Crippen LogP contribution >= 0.6 is 0 Å². The van der Waals surface area contributed by atoms with Crippen molar-refractivity contribution >= 4 is 11.7 Å². The number of rotatable bonds is 9. The minimum atomic E-state index is -0.609. The predicted octanol–water partition coefficient (Wildman–Crippen LogP) is 1.21. The van der Waals surface area contributed by atoms with Gasteiger partial charge in [-0.1, -0.05) is 37.3 Å². The first kappa shape index (κ1) is 25.2. The molecule has 5 N–H and O–H groups in total. The second-order valence-electron chi connectivity index (χ2n) is 5.10. The number of aliphatic hydroxyl groups is 2. The molecule has 0 saturated heterocycles. The van der Waals surface area contributed by atoms with Gasteiger partial charge in [-0.15, -0.1) is 13.2 Å². The van der Waals surface area contributed by atoms with Crippen molar-refractivity contribution < 1.29 is 19.8 Å². The van der Waals surface area contributed by atoms with E-state index in [1.165, 1.54) is 0 Å². The van der Waals surface area contributed by atoms with E-state index in [1.54, 1.807) is 0 Å². The van der Waals surface area contributed by atoms with Crippen LogP contribution in [-0.2, 0) is 16.0 Å². The molecule has 0 radical (unpaired) electrons. The summed E-state index contributed by atoms with van der Waals surface area (Å²) < 4.78 is 0. The minimum absolute atomic E-state index is 0.0396. The highest BCUT2D eigenvalue weighted by atomic mass is 16.3. The molecular formula is C19H32N2O4. The molecule has 0 aromatic heterocycles. The van der Waals surface area contributed by atoms with Gasteiger partial charge in [-0.2, -0.15) is 0 Å². The summed E-state index contributed by atoms with van der Waals surface area (Å²) in [6.07, 6.45) is 2.27. The Morgan fingerprint density at radius 3 is 2.16 bits per heavy atom. The Labute approximate surface area is 150 Å². The van der Waals surface area contributed by atoms with E-state index in [-0.39, 0.29) is 31.4 Å². The topological polar surface area (TPSA) is 113 Å². The number of hydrogen-bond donors (Lipinski definition) is 4. The average molecular weight is 352 g/mol. The maximum Gasteiger partial charge on any atom is 0.237 e. The van der Waals surface area contributed by atoms with Gasteiger partial charge in [-0.25, -0.2) is 0 Å². The molecule has 6 heteroatoms. The van der Waals surface area contributed by atoms with Crippen molar-refractivity contribution in [1.29, 1.82) is 0 Å². The molecule has 0 aliphatic carbocycles. The molecule has 0 aliphatic heterocycles. The van der Waals surface area contributed by atoms with E-state index in [2.05, 4.69) is 18.5 Å². The lowest BCUT2D eigenvalue weighted by atomic mass is 10.1. The zero-order valence-electron chi connectivity index (χ0n) is 15.1. The summed E-state index contributed by atoms with van der Waals surface area (Å²) in [7, 11) is 0. The molecule has 142 valence electrons. The second-order valence-corrected chi connectivity index (χ2v) is 5.10. The van der Waals surface area contributed by atoms with E-state index in [1.807, 2.05) is 37.3 Å². The fraction of sp³-hybridized carbons (Fsp3) is 0.474.